The third-order valence-corrected chi connectivity index (χ3v) is 3.25. The smallest absolute Gasteiger partial charge is 0.157 e. The maximum Gasteiger partial charge on any atom is 0.157 e. The summed E-state index contributed by atoms with van der Waals surface area (Å²) in [6.45, 7) is 0. The molecule has 0 bridgehead atoms. The molecule has 0 radical (unpaired) electrons. The summed E-state index contributed by atoms with van der Waals surface area (Å²) < 4.78 is 1.67. The van der Waals surface area contributed by atoms with Crippen LogP contribution in [0.15, 0.2) is 35.8 Å². The van der Waals surface area contributed by atoms with E-state index in [9.17, 15) is 0 Å². The molecule has 2 N–H and O–H groups in total. The highest BCUT2D eigenvalue weighted by Crippen LogP contribution is 2.15. The number of aromatic nitrogens is 3. The number of rotatable bonds is 2. The molecule has 3 rings (SSSR count). The van der Waals surface area contributed by atoms with Gasteiger partial charge >= 0.3 is 0 Å². The van der Waals surface area contributed by atoms with Gasteiger partial charge in [-0.05, 0) is 17.5 Å². The minimum absolute atomic E-state index is 0.613. The lowest BCUT2D eigenvalue weighted by atomic mass is 10.3. The zero-order valence-electron chi connectivity index (χ0n) is 8.50. The molecule has 5 heteroatoms. The number of hydrogen-bond acceptors (Lipinski definition) is 4. The molecule has 0 aliphatic heterocycles. The highest BCUT2D eigenvalue weighted by Gasteiger charge is 2.05. The van der Waals surface area contributed by atoms with E-state index in [4.69, 9.17) is 5.73 Å². The molecule has 3 aromatic rings. The summed E-state index contributed by atoms with van der Waals surface area (Å²) in [5.74, 6) is 0.613. The van der Waals surface area contributed by atoms with Crippen LogP contribution in [0.3, 0.4) is 0 Å². The summed E-state index contributed by atoms with van der Waals surface area (Å²) in [6, 6.07) is 7.86. The first kappa shape index (κ1) is 9.35. The lowest BCUT2D eigenvalue weighted by Crippen LogP contribution is -1.99. The molecule has 0 fully saturated rings. The van der Waals surface area contributed by atoms with Crippen LogP contribution in [0.25, 0.3) is 5.65 Å². The summed E-state index contributed by atoms with van der Waals surface area (Å²) >= 11 is 1.73. The Morgan fingerprint density at radius 2 is 2.31 bits per heavy atom. The van der Waals surface area contributed by atoms with Gasteiger partial charge in [-0.2, -0.15) is 9.61 Å². The van der Waals surface area contributed by atoms with Crippen molar-refractivity contribution in [2.45, 2.75) is 6.42 Å². The second-order valence-electron chi connectivity index (χ2n) is 3.53. The number of fused-ring (bicyclic) bond motifs is 1. The van der Waals surface area contributed by atoms with Gasteiger partial charge in [0, 0.05) is 23.6 Å². The van der Waals surface area contributed by atoms with E-state index in [0.29, 0.717) is 5.82 Å². The van der Waals surface area contributed by atoms with E-state index in [1.54, 1.807) is 28.1 Å². The van der Waals surface area contributed by atoms with E-state index in [1.807, 2.05) is 12.1 Å². The maximum absolute atomic E-state index is 5.81. The summed E-state index contributed by atoms with van der Waals surface area (Å²) in [5, 5.41) is 6.49. The van der Waals surface area contributed by atoms with Gasteiger partial charge < -0.3 is 5.73 Å². The molecule has 0 amide bonds. The Labute approximate surface area is 96.4 Å². The van der Waals surface area contributed by atoms with Crippen LogP contribution in [0.4, 0.5) is 5.82 Å². The van der Waals surface area contributed by atoms with E-state index in [1.165, 1.54) is 4.88 Å². The molecule has 4 nitrogen and oxygen atoms in total. The van der Waals surface area contributed by atoms with Crippen molar-refractivity contribution in [3.05, 3.63) is 46.4 Å². The van der Waals surface area contributed by atoms with Crippen LogP contribution in [-0.4, -0.2) is 14.6 Å². The first-order valence-electron chi connectivity index (χ1n) is 4.94. The lowest BCUT2D eigenvalue weighted by molar-refractivity contribution is 0.910. The molecule has 3 aromatic heterocycles. The number of nitrogens with zero attached hydrogens (tertiary/aromatic N) is 3. The predicted molar refractivity (Wildman–Crippen MR) is 64.5 cm³/mol. The largest absolute Gasteiger partial charge is 0.384 e. The molecule has 0 unspecified atom stereocenters. The SMILES string of the molecule is Nc1ccnc2cc(Cc3cccs3)nn12. The number of anilines is 1. The molecule has 0 aliphatic carbocycles. The Kier molecular flexibility index (Phi) is 2.11. The lowest BCUT2D eigenvalue weighted by Gasteiger charge is -1.95. The first-order chi connectivity index (χ1) is 7.83. The summed E-state index contributed by atoms with van der Waals surface area (Å²) in [6.07, 6.45) is 2.53. The fraction of sp³-hybridized carbons (Fsp3) is 0.0909. The Morgan fingerprint density at radius 1 is 1.38 bits per heavy atom. The van der Waals surface area contributed by atoms with Crippen molar-refractivity contribution < 1.29 is 0 Å². The van der Waals surface area contributed by atoms with Crippen LogP contribution >= 0.6 is 11.3 Å². The van der Waals surface area contributed by atoms with Gasteiger partial charge in [-0.3, -0.25) is 0 Å². The van der Waals surface area contributed by atoms with Gasteiger partial charge in [0.2, 0.25) is 0 Å². The Morgan fingerprint density at radius 3 is 3.06 bits per heavy atom. The van der Waals surface area contributed by atoms with Gasteiger partial charge in [0.1, 0.15) is 5.82 Å². The van der Waals surface area contributed by atoms with Crippen molar-refractivity contribution in [1.29, 1.82) is 0 Å². The van der Waals surface area contributed by atoms with Gasteiger partial charge in [0.05, 0.1) is 5.69 Å². The monoisotopic (exact) mass is 230 g/mol. The zero-order valence-corrected chi connectivity index (χ0v) is 9.31. The van der Waals surface area contributed by atoms with Gasteiger partial charge in [0.25, 0.3) is 0 Å². The van der Waals surface area contributed by atoms with Gasteiger partial charge in [-0.15, -0.1) is 11.3 Å². The van der Waals surface area contributed by atoms with Crippen molar-refractivity contribution in [2.24, 2.45) is 0 Å². The second kappa shape index (κ2) is 3.61. The Bertz CT molecular complexity index is 612. The maximum atomic E-state index is 5.81. The molecule has 80 valence electrons. The minimum atomic E-state index is 0.613. The van der Waals surface area contributed by atoms with Gasteiger partial charge in [0.15, 0.2) is 5.65 Å². The van der Waals surface area contributed by atoms with E-state index < -0.39 is 0 Å². The van der Waals surface area contributed by atoms with Crippen LogP contribution in [-0.2, 0) is 6.42 Å². The zero-order chi connectivity index (χ0) is 11.0. The van der Waals surface area contributed by atoms with E-state index in [0.717, 1.165) is 17.8 Å². The fourth-order valence-electron chi connectivity index (χ4n) is 1.64. The topological polar surface area (TPSA) is 56.2 Å². The van der Waals surface area contributed by atoms with Crippen LogP contribution in [0, 0.1) is 0 Å². The highest BCUT2D eigenvalue weighted by molar-refractivity contribution is 7.09. The van der Waals surface area contributed by atoms with Gasteiger partial charge in [-0.1, -0.05) is 6.07 Å². The molecule has 0 spiro atoms. The van der Waals surface area contributed by atoms with Crippen molar-refractivity contribution in [3.63, 3.8) is 0 Å². The number of nitrogen functional groups attached to an aromatic ring is 1. The van der Waals surface area contributed by atoms with Crippen LogP contribution in [0.2, 0.25) is 0 Å². The van der Waals surface area contributed by atoms with E-state index in [-0.39, 0.29) is 0 Å². The number of thiophene rings is 1. The normalized spacial score (nSPS) is 11.0. The highest BCUT2D eigenvalue weighted by atomic mass is 32.1. The van der Waals surface area contributed by atoms with Crippen LogP contribution in [0.1, 0.15) is 10.6 Å². The van der Waals surface area contributed by atoms with Crippen molar-refractivity contribution >= 4 is 22.8 Å². The average molecular weight is 230 g/mol. The minimum Gasteiger partial charge on any atom is -0.384 e. The Balaban J connectivity index is 2.02. The Hall–Kier alpha value is -1.88. The number of nitrogens with two attached hydrogens (primary N) is 1. The standard InChI is InChI=1S/C11H10N4S/c12-10-3-4-13-11-7-8(14-15(10)11)6-9-2-1-5-16-9/h1-5,7H,6,12H2. The average Bonchev–Trinajstić information content (AvgIpc) is 2.88. The summed E-state index contributed by atoms with van der Waals surface area (Å²) in [5.41, 5.74) is 7.60. The van der Waals surface area contributed by atoms with Crippen molar-refractivity contribution in [2.75, 3.05) is 5.73 Å². The molecule has 0 atom stereocenters. The molecule has 0 aromatic carbocycles. The molecule has 0 saturated heterocycles. The van der Waals surface area contributed by atoms with Crippen molar-refractivity contribution in [1.82, 2.24) is 14.6 Å². The summed E-state index contributed by atoms with van der Waals surface area (Å²) in [4.78, 5) is 5.51. The van der Waals surface area contributed by atoms with Crippen LogP contribution < -0.4 is 5.73 Å². The van der Waals surface area contributed by atoms with E-state index in [2.05, 4.69) is 21.5 Å². The molecular weight excluding hydrogens is 220 g/mol. The summed E-state index contributed by atoms with van der Waals surface area (Å²) in [7, 11) is 0. The fourth-order valence-corrected chi connectivity index (χ4v) is 2.36. The molecular formula is C11H10N4S. The molecule has 3 heterocycles. The third kappa shape index (κ3) is 1.55. The van der Waals surface area contributed by atoms with E-state index >= 15 is 0 Å². The van der Waals surface area contributed by atoms with Crippen LogP contribution in [0.5, 0.6) is 0 Å². The van der Waals surface area contributed by atoms with Crippen molar-refractivity contribution in [3.8, 4) is 0 Å². The second-order valence-corrected chi connectivity index (χ2v) is 4.56. The van der Waals surface area contributed by atoms with Gasteiger partial charge in [-0.25, -0.2) is 4.98 Å². The third-order valence-electron chi connectivity index (χ3n) is 2.37. The molecule has 0 aliphatic rings. The quantitative estimate of drug-likeness (QED) is 0.732. The number of hydrogen-bond donors (Lipinski definition) is 1. The molecule has 16 heavy (non-hydrogen) atoms. The molecule has 0 saturated carbocycles. The first-order valence-corrected chi connectivity index (χ1v) is 5.82. The predicted octanol–water partition coefficient (Wildman–Crippen LogP) is 1.96.